The van der Waals surface area contributed by atoms with E-state index in [0.717, 1.165) is 0 Å². The molecule has 1 atom stereocenters. The molecule has 0 heterocycles. The van der Waals surface area contributed by atoms with Gasteiger partial charge < -0.3 is 10.5 Å². The van der Waals surface area contributed by atoms with E-state index in [1.165, 1.54) is 0 Å². The van der Waals surface area contributed by atoms with Gasteiger partial charge >= 0.3 is 0 Å². The van der Waals surface area contributed by atoms with E-state index < -0.39 is 5.91 Å². The van der Waals surface area contributed by atoms with Crippen molar-refractivity contribution < 1.29 is 9.53 Å². The molecule has 0 rings (SSSR count). The van der Waals surface area contributed by atoms with Crippen LogP contribution in [0.25, 0.3) is 0 Å². The smallest absolute Gasteiger partial charge is 0.246 e. The van der Waals surface area contributed by atoms with E-state index in [4.69, 9.17) is 10.5 Å². The van der Waals surface area contributed by atoms with E-state index in [-0.39, 0.29) is 12.0 Å². The Morgan fingerprint density at radius 2 is 2.00 bits per heavy atom. The summed E-state index contributed by atoms with van der Waals surface area (Å²) in [6, 6.07) is 0. The Morgan fingerprint density at radius 3 is 2.09 bits per heavy atom. The molecule has 0 spiro atoms. The molecular weight excluding hydrogens is 142 g/mol. The van der Waals surface area contributed by atoms with Crippen LogP contribution in [-0.2, 0) is 9.53 Å². The van der Waals surface area contributed by atoms with Crippen molar-refractivity contribution in [2.75, 3.05) is 7.11 Å². The highest BCUT2D eigenvalue weighted by Gasteiger charge is 2.19. The molecule has 0 aromatic heterocycles. The third kappa shape index (κ3) is 2.72. The molecule has 0 saturated heterocycles. The van der Waals surface area contributed by atoms with Crippen molar-refractivity contribution in [2.24, 2.45) is 11.7 Å². The molecular formula is C8H15NO2. The van der Waals surface area contributed by atoms with E-state index in [2.05, 4.69) is 6.58 Å². The molecule has 0 fully saturated rings. The van der Waals surface area contributed by atoms with Crippen LogP contribution in [0.3, 0.4) is 0 Å². The summed E-state index contributed by atoms with van der Waals surface area (Å²) in [5.41, 5.74) is 5.37. The van der Waals surface area contributed by atoms with Gasteiger partial charge in [-0.15, -0.1) is 0 Å². The molecule has 2 N–H and O–H groups in total. The maximum absolute atomic E-state index is 10.6. The van der Waals surface area contributed by atoms with Gasteiger partial charge in [-0.25, -0.2) is 0 Å². The largest absolute Gasteiger partial charge is 0.376 e. The zero-order valence-corrected chi connectivity index (χ0v) is 7.26. The van der Waals surface area contributed by atoms with Gasteiger partial charge in [0.05, 0.1) is 6.10 Å². The summed E-state index contributed by atoms with van der Waals surface area (Å²) in [5.74, 6) is -0.273. The van der Waals surface area contributed by atoms with Gasteiger partial charge in [0.1, 0.15) is 0 Å². The summed E-state index contributed by atoms with van der Waals surface area (Å²) in [4.78, 5) is 10.6. The van der Waals surface area contributed by atoms with Crippen molar-refractivity contribution >= 4 is 5.91 Å². The van der Waals surface area contributed by atoms with Crippen LogP contribution in [0, 0.1) is 5.92 Å². The minimum absolute atomic E-state index is 0.222. The molecule has 0 aliphatic carbocycles. The van der Waals surface area contributed by atoms with E-state index in [1.807, 2.05) is 13.8 Å². The zero-order valence-electron chi connectivity index (χ0n) is 7.26. The van der Waals surface area contributed by atoms with Crippen LogP contribution < -0.4 is 5.73 Å². The van der Waals surface area contributed by atoms with Gasteiger partial charge in [0, 0.05) is 12.7 Å². The third-order valence-electron chi connectivity index (χ3n) is 1.52. The quantitative estimate of drug-likeness (QED) is 0.611. The highest BCUT2D eigenvalue weighted by atomic mass is 16.5. The first-order chi connectivity index (χ1) is 5.00. The Morgan fingerprint density at radius 1 is 1.55 bits per heavy atom. The number of ether oxygens (including phenoxy) is 1. The van der Waals surface area contributed by atoms with Crippen LogP contribution in [0.15, 0.2) is 12.2 Å². The molecule has 0 bridgehead atoms. The monoisotopic (exact) mass is 157 g/mol. The SMILES string of the molecule is C=C(C(N)=O)[C@@H](OC)C(C)C. The first-order valence-electron chi connectivity index (χ1n) is 3.52. The van der Waals surface area contributed by atoms with Crippen LogP contribution in [0.1, 0.15) is 13.8 Å². The summed E-state index contributed by atoms with van der Waals surface area (Å²) in [7, 11) is 1.54. The highest BCUT2D eigenvalue weighted by molar-refractivity contribution is 5.92. The van der Waals surface area contributed by atoms with E-state index in [9.17, 15) is 4.79 Å². The summed E-state index contributed by atoms with van der Waals surface area (Å²) in [6.45, 7) is 7.44. The Bertz CT molecular complexity index is 163. The van der Waals surface area contributed by atoms with Crippen LogP contribution in [0.5, 0.6) is 0 Å². The molecule has 3 heteroatoms. The lowest BCUT2D eigenvalue weighted by molar-refractivity contribution is -0.116. The van der Waals surface area contributed by atoms with Gasteiger partial charge in [-0.1, -0.05) is 20.4 Å². The van der Waals surface area contributed by atoms with E-state index in [1.54, 1.807) is 7.11 Å². The predicted molar refractivity (Wildman–Crippen MR) is 44.0 cm³/mol. The Balaban J connectivity index is 4.26. The van der Waals surface area contributed by atoms with Crippen LogP contribution in [0.2, 0.25) is 0 Å². The zero-order chi connectivity index (χ0) is 9.02. The van der Waals surface area contributed by atoms with Crippen LogP contribution in [-0.4, -0.2) is 19.1 Å². The number of carbonyl (C=O) groups excluding carboxylic acids is 1. The van der Waals surface area contributed by atoms with Gasteiger partial charge in [-0.2, -0.15) is 0 Å². The topological polar surface area (TPSA) is 52.3 Å². The molecule has 3 nitrogen and oxygen atoms in total. The molecule has 64 valence electrons. The fraction of sp³-hybridized carbons (Fsp3) is 0.625. The van der Waals surface area contributed by atoms with Crippen molar-refractivity contribution in [3.8, 4) is 0 Å². The van der Waals surface area contributed by atoms with Crippen molar-refractivity contribution in [1.29, 1.82) is 0 Å². The Hall–Kier alpha value is -0.830. The minimum Gasteiger partial charge on any atom is -0.376 e. The molecule has 0 aromatic carbocycles. The molecule has 0 aliphatic rings. The van der Waals surface area contributed by atoms with Crippen molar-refractivity contribution in [3.63, 3.8) is 0 Å². The van der Waals surface area contributed by atoms with Gasteiger partial charge in [0.2, 0.25) is 5.91 Å². The number of primary amides is 1. The van der Waals surface area contributed by atoms with Gasteiger partial charge in [0.15, 0.2) is 0 Å². The molecule has 1 amide bonds. The Kier molecular flexibility index (Phi) is 3.82. The first kappa shape index (κ1) is 10.2. The van der Waals surface area contributed by atoms with Gasteiger partial charge in [-0.3, -0.25) is 4.79 Å². The summed E-state index contributed by atoms with van der Waals surface area (Å²) < 4.78 is 5.03. The second-order valence-corrected chi connectivity index (χ2v) is 2.79. The Labute approximate surface area is 67.2 Å². The van der Waals surface area contributed by atoms with Crippen molar-refractivity contribution in [1.82, 2.24) is 0 Å². The number of rotatable bonds is 4. The maximum Gasteiger partial charge on any atom is 0.246 e. The number of methoxy groups -OCH3 is 1. The molecule has 0 radical (unpaired) electrons. The van der Waals surface area contributed by atoms with Crippen molar-refractivity contribution in [3.05, 3.63) is 12.2 Å². The lowest BCUT2D eigenvalue weighted by atomic mass is 10.00. The predicted octanol–water partition coefficient (Wildman–Crippen LogP) is 0.699. The fourth-order valence-corrected chi connectivity index (χ4v) is 0.957. The molecule has 0 aliphatic heterocycles. The first-order valence-corrected chi connectivity index (χ1v) is 3.52. The minimum atomic E-state index is -0.495. The normalized spacial score (nSPS) is 13.1. The average Bonchev–Trinajstić information content (AvgIpc) is 1.88. The number of hydrogen-bond donors (Lipinski definition) is 1. The second kappa shape index (κ2) is 4.13. The van der Waals surface area contributed by atoms with Crippen LogP contribution >= 0.6 is 0 Å². The summed E-state index contributed by atoms with van der Waals surface area (Å²) in [5, 5.41) is 0. The molecule has 11 heavy (non-hydrogen) atoms. The number of carbonyl (C=O) groups is 1. The average molecular weight is 157 g/mol. The summed E-state index contributed by atoms with van der Waals surface area (Å²) >= 11 is 0. The third-order valence-corrected chi connectivity index (χ3v) is 1.52. The van der Waals surface area contributed by atoms with E-state index >= 15 is 0 Å². The van der Waals surface area contributed by atoms with Crippen LogP contribution in [0.4, 0.5) is 0 Å². The molecule has 0 unspecified atom stereocenters. The van der Waals surface area contributed by atoms with Gasteiger partial charge in [-0.05, 0) is 5.92 Å². The van der Waals surface area contributed by atoms with Crippen molar-refractivity contribution in [2.45, 2.75) is 20.0 Å². The standard InChI is InChI=1S/C8H15NO2/c1-5(2)7(11-4)6(3)8(9)10/h5,7H,3H2,1-2,4H3,(H2,9,10)/t7-/m0/s1. The highest BCUT2D eigenvalue weighted by Crippen LogP contribution is 2.12. The lowest BCUT2D eigenvalue weighted by Gasteiger charge is -2.19. The number of nitrogens with two attached hydrogens (primary N) is 1. The van der Waals surface area contributed by atoms with E-state index in [0.29, 0.717) is 5.57 Å². The fourth-order valence-electron chi connectivity index (χ4n) is 0.957. The van der Waals surface area contributed by atoms with Gasteiger partial charge in [0.25, 0.3) is 0 Å². The lowest BCUT2D eigenvalue weighted by Crippen LogP contribution is -2.28. The maximum atomic E-state index is 10.6. The molecule has 0 aromatic rings. The second-order valence-electron chi connectivity index (χ2n) is 2.79. The number of amides is 1. The summed E-state index contributed by atoms with van der Waals surface area (Å²) in [6.07, 6.45) is -0.257. The number of hydrogen-bond acceptors (Lipinski definition) is 2. The molecule has 0 saturated carbocycles.